The maximum absolute atomic E-state index is 9.45. The van der Waals surface area contributed by atoms with E-state index in [1.54, 1.807) is 11.8 Å². The number of benzene rings is 2. The summed E-state index contributed by atoms with van der Waals surface area (Å²) in [5.74, 6) is 0.973. The minimum atomic E-state index is 0.776. The zero-order valence-electron chi connectivity index (χ0n) is 11.8. The zero-order valence-corrected chi connectivity index (χ0v) is 12.7. The number of hydrogen-bond acceptors (Lipinski definition) is 3. The molecule has 0 amide bonds. The van der Waals surface area contributed by atoms with Gasteiger partial charge in [-0.1, -0.05) is 43.3 Å². The van der Waals surface area contributed by atoms with Crippen LogP contribution in [-0.2, 0) is 6.54 Å². The Morgan fingerprint density at radius 2 is 1.85 bits per heavy atom. The Hall–Kier alpha value is -1.92. The number of hydrogen-bond donors (Lipinski definition) is 0. The third kappa shape index (κ3) is 3.34. The lowest BCUT2D eigenvalue weighted by Gasteiger charge is -2.21. The molecule has 0 atom stereocenters. The van der Waals surface area contributed by atoms with Gasteiger partial charge in [0.05, 0.1) is 11.3 Å². The van der Waals surface area contributed by atoms with E-state index in [4.69, 9.17) is 0 Å². The van der Waals surface area contributed by atoms with Gasteiger partial charge in [-0.25, -0.2) is 0 Å². The first-order valence-corrected chi connectivity index (χ1v) is 7.65. The summed E-state index contributed by atoms with van der Waals surface area (Å²) in [6.45, 7) is 2.90. The Labute approximate surface area is 125 Å². The average Bonchev–Trinajstić information content (AvgIpc) is 2.48. The number of thioether (sulfide) groups is 1. The molecule has 0 fully saturated rings. The van der Waals surface area contributed by atoms with E-state index in [1.165, 1.54) is 5.56 Å². The summed E-state index contributed by atoms with van der Waals surface area (Å²) in [6, 6.07) is 18.7. The molecule has 3 heteroatoms. The average molecular weight is 282 g/mol. The summed E-state index contributed by atoms with van der Waals surface area (Å²) in [5.41, 5.74) is 3.01. The molecule has 0 saturated carbocycles. The number of nitriles is 1. The van der Waals surface area contributed by atoms with Crippen LogP contribution in [0.15, 0.2) is 53.4 Å². The summed E-state index contributed by atoms with van der Waals surface area (Å²) >= 11 is 1.72. The summed E-state index contributed by atoms with van der Waals surface area (Å²) in [4.78, 5) is 3.19. The van der Waals surface area contributed by atoms with E-state index in [-0.39, 0.29) is 0 Å². The van der Waals surface area contributed by atoms with Gasteiger partial charge in [0.25, 0.3) is 0 Å². The molecule has 102 valence electrons. The number of rotatable bonds is 5. The molecular weight excluding hydrogens is 264 g/mol. The molecule has 0 N–H and O–H groups in total. The third-order valence-corrected chi connectivity index (χ3v) is 4.03. The fourth-order valence-electron chi connectivity index (χ4n) is 2.17. The van der Waals surface area contributed by atoms with Gasteiger partial charge in [0.15, 0.2) is 0 Å². The van der Waals surface area contributed by atoms with Crippen molar-refractivity contribution in [1.82, 2.24) is 0 Å². The summed E-state index contributed by atoms with van der Waals surface area (Å²) in [5, 5.41) is 9.45. The molecule has 0 aromatic heterocycles. The number of anilines is 1. The first-order chi connectivity index (χ1) is 9.76. The van der Waals surface area contributed by atoms with Crippen molar-refractivity contribution in [2.45, 2.75) is 18.4 Å². The molecule has 0 heterocycles. The van der Waals surface area contributed by atoms with Crippen molar-refractivity contribution >= 4 is 17.4 Å². The highest BCUT2D eigenvalue weighted by Crippen LogP contribution is 2.30. The van der Waals surface area contributed by atoms with Crippen LogP contribution in [0.2, 0.25) is 0 Å². The minimum Gasteiger partial charge on any atom is -0.369 e. The first kappa shape index (κ1) is 14.5. The van der Waals surface area contributed by atoms with Crippen LogP contribution in [0.25, 0.3) is 0 Å². The van der Waals surface area contributed by atoms with Crippen LogP contribution in [0.4, 0.5) is 5.69 Å². The Morgan fingerprint density at radius 1 is 1.10 bits per heavy atom. The second-order valence-corrected chi connectivity index (χ2v) is 5.84. The standard InChI is InChI=1S/C17H18N2S/c1-3-20-17-11-7-10-16(15(17)12-18)19(2)13-14-8-5-4-6-9-14/h4-11H,3,13H2,1-2H3. The smallest absolute Gasteiger partial charge is 0.103 e. The molecule has 2 nitrogen and oxygen atoms in total. The number of nitrogens with zero attached hydrogens (tertiary/aromatic N) is 2. The van der Waals surface area contributed by atoms with Gasteiger partial charge in [0.2, 0.25) is 0 Å². The lowest BCUT2D eigenvalue weighted by molar-refractivity contribution is 0.917. The maximum atomic E-state index is 9.45. The molecular formula is C17H18N2S. The molecule has 0 saturated heterocycles. The van der Waals surface area contributed by atoms with Crippen LogP contribution in [0.5, 0.6) is 0 Å². The van der Waals surface area contributed by atoms with Crippen molar-refractivity contribution in [3.8, 4) is 6.07 Å². The van der Waals surface area contributed by atoms with E-state index in [0.29, 0.717) is 0 Å². The van der Waals surface area contributed by atoms with Gasteiger partial charge in [-0.15, -0.1) is 11.8 Å². The van der Waals surface area contributed by atoms with Crippen molar-refractivity contribution in [2.75, 3.05) is 17.7 Å². The Morgan fingerprint density at radius 3 is 2.50 bits per heavy atom. The molecule has 20 heavy (non-hydrogen) atoms. The van der Waals surface area contributed by atoms with Crippen LogP contribution in [-0.4, -0.2) is 12.8 Å². The normalized spacial score (nSPS) is 10.1. The van der Waals surface area contributed by atoms with E-state index in [0.717, 1.165) is 28.4 Å². The summed E-state index contributed by atoms with van der Waals surface area (Å²) in [7, 11) is 2.03. The molecule has 0 unspecified atom stereocenters. The topological polar surface area (TPSA) is 27.0 Å². The molecule has 2 rings (SSSR count). The van der Waals surface area contributed by atoms with Gasteiger partial charge in [0, 0.05) is 18.5 Å². The van der Waals surface area contributed by atoms with Crippen molar-refractivity contribution in [3.05, 3.63) is 59.7 Å². The fourth-order valence-corrected chi connectivity index (χ4v) is 2.95. The van der Waals surface area contributed by atoms with Crippen LogP contribution >= 0.6 is 11.8 Å². The van der Waals surface area contributed by atoms with Crippen LogP contribution < -0.4 is 4.90 Å². The predicted octanol–water partition coefficient (Wildman–Crippen LogP) is 4.31. The van der Waals surface area contributed by atoms with Crippen molar-refractivity contribution in [1.29, 1.82) is 5.26 Å². The lowest BCUT2D eigenvalue weighted by Crippen LogP contribution is -2.17. The van der Waals surface area contributed by atoms with Crippen molar-refractivity contribution in [2.24, 2.45) is 0 Å². The second kappa shape index (κ2) is 7.02. The lowest BCUT2D eigenvalue weighted by atomic mass is 10.1. The highest BCUT2D eigenvalue weighted by atomic mass is 32.2. The summed E-state index contributed by atoms with van der Waals surface area (Å²) in [6.07, 6.45) is 0. The van der Waals surface area contributed by atoms with E-state index in [2.05, 4.69) is 30.0 Å². The highest BCUT2D eigenvalue weighted by molar-refractivity contribution is 7.99. The predicted molar refractivity (Wildman–Crippen MR) is 86.1 cm³/mol. The monoisotopic (exact) mass is 282 g/mol. The SMILES string of the molecule is CCSc1cccc(N(C)Cc2ccccc2)c1C#N. The molecule has 0 aliphatic rings. The molecule has 0 bridgehead atoms. The van der Waals surface area contributed by atoms with Gasteiger partial charge in [0.1, 0.15) is 6.07 Å². The molecule has 0 aliphatic heterocycles. The Balaban J connectivity index is 2.28. The van der Waals surface area contributed by atoms with Crippen LogP contribution in [0.1, 0.15) is 18.1 Å². The van der Waals surface area contributed by atoms with Crippen molar-refractivity contribution in [3.63, 3.8) is 0 Å². The first-order valence-electron chi connectivity index (χ1n) is 6.67. The fraction of sp³-hybridized carbons (Fsp3) is 0.235. The quantitative estimate of drug-likeness (QED) is 0.765. The Kier molecular flexibility index (Phi) is 5.09. The molecule has 2 aromatic carbocycles. The van der Waals surface area contributed by atoms with Crippen LogP contribution in [0, 0.1) is 11.3 Å². The zero-order chi connectivity index (χ0) is 14.4. The van der Waals surface area contributed by atoms with Crippen molar-refractivity contribution < 1.29 is 0 Å². The molecule has 0 spiro atoms. The summed E-state index contributed by atoms with van der Waals surface area (Å²) < 4.78 is 0. The van der Waals surface area contributed by atoms with Crippen LogP contribution in [0.3, 0.4) is 0 Å². The van der Waals surface area contributed by atoms with Gasteiger partial charge in [-0.05, 0) is 23.4 Å². The molecule has 0 aliphatic carbocycles. The van der Waals surface area contributed by atoms with Gasteiger partial charge < -0.3 is 4.90 Å². The second-order valence-electron chi connectivity index (χ2n) is 4.54. The minimum absolute atomic E-state index is 0.776. The van der Waals surface area contributed by atoms with Gasteiger partial charge in [-0.3, -0.25) is 0 Å². The Bertz CT molecular complexity index is 602. The van der Waals surface area contributed by atoms with Gasteiger partial charge in [-0.2, -0.15) is 5.26 Å². The maximum Gasteiger partial charge on any atom is 0.103 e. The van der Waals surface area contributed by atoms with E-state index >= 15 is 0 Å². The van der Waals surface area contributed by atoms with E-state index in [9.17, 15) is 5.26 Å². The largest absolute Gasteiger partial charge is 0.369 e. The third-order valence-electron chi connectivity index (χ3n) is 3.09. The van der Waals surface area contributed by atoms with E-state index in [1.807, 2.05) is 43.4 Å². The van der Waals surface area contributed by atoms with Gasteiger partial charge >= 0.3 is 0 Å². The highest BCUT2D eigenvalue weighted by Gasteiger charge is 2.11. The van der Waals surface area contributed by atoms with E-state index < -0.39 is 0 Å². The molecule has 0 radical (unpaired) electrons. The molecule has 2 aromatic rings.